The lowest BCUT2D eigenvalue weighted by atomic mass is 9.87. The van der Waals surface area contributed by atoms with E-state index in [1.54, 1.807) is 0 Å². The molecule has 0 aliphatic heterocycles. The number of thioether (sulfide) groups is 1. The normalized spacial score (nSPS) is 45.6. The summed E-state index contributed by atoms with van der Waals surface area (Å²) >= 11 is 2.06. The molecule has 0 saturated heterocycles. The molecule has 2 bridgehead atoms. The third-order valence-electron chi connectivity index (χ3n) is 5.20. The Kier molecular flexibility index (Phi) is 3.54. The van der Waals surface area contributed by atoms with Crippen molar-refractivity contribution < 1.29 is 0 Å². The Hall–Kier alpha value is 0.0500. The van der Waals surface area contributed by atoms with Crippen molar-refractivity contribution in [1.82, 2.24) is 5.32 Å². The van der Waals surface area contributed by atoms with Crippen molar-refractivity contribution in [2.75, 3.05) is 6.26 Å². The van der Waals surface area contributed by atoms with Crippen LogP contribution in [0.5, 0.6) is 0 Å². The zero-order valence-corrected chi connectivity index (χ0v) is 11.9. The van der Waals surface area contributed by atoms with Gasteiger partial charge in [0.1, 0.15) is 0 Å². The average molecular weight is 251 g/mol. The fraction of sp³-hybridized carbons (Fsp3) is 0.867. The minimum absolute atomic E-state index is 0.715. The molecule has 6 atom stereocenters. The predicted octanol–water partition coefficient (Wildman–Crippen LogP) is 3.46. The smallest absolute Gasteiger partial charge is 0.0198 e. The lowest BCUT2D eigenvalue weighted by molar-refractivity contribution is 0.302. The van der Waals surface area contributed by atoms with E-state index in [-0.39, 0.29) is 0 Å². The minimum Gasteiger partial charge on any atom is -0.310 e. The Morgan fingerprint density at radius 1 is 1.24 bits per heavy atom. The van der Waals surface area contributed by atoms with E-state index in [0.29, 0.717) is 6.04 Å². The standard InChI is InChI=1S/C15H25NS/c1-10(13-9-11-6-7-12(13)8-11)16-14-4-3-5-15(14)17-2/h6-7,10-16H,3-5,8-9H2,1-2H3. The first kappa shape index (κ1) is 12.1. The Morgan fingerprint density at radius 3 is 2.76 bits per heavy atom. The summed E-state index contributed by atoms with van der Waals surface area (Å²) < 4.78 is 0. The molecule has 2 fully saturated rings. The van der Waals surface area contributed by atoms with Crippen molar-refractivity contribution in [3.8, 4) is 0 Å². The summed E-state index contributed by atoms with van der Waals surface area (Å²) in [6, 6.07) is 1.50. The Labute approximate surface area is 110 Å². The zero-order valence-electron chi connectivity index (χ0n) is 11.1. The topological polar surface area (TPSA) is 12.0 Å². The zero-order chi connectivity index (χ0) is 11.8. The van der Waals surface area contributed by atoms with E-state index in [9.17, 15) is 0 Å². The maximum Gasteiger partial charge on any atom is 0.0198 e. The van der Waals surface area contributed by atoms with Gasteiger partial charge in [-0.2, -0.15) is 11.8 Å². The fourth-order valence-corrected chi connectivity index (χ4v) is 5.20. The van der Waals surface area contributed by atoms with Gasteiger partial charge in [-0.15, -0.1) is 0 Å². The van der Waals surface area contributed by atoms with Crippen LogP contribution in [0.25, 0.3) is 0 Å². The molecule has 1 nitrogen and oxygen atoms in total. The summed E-state index contributed by atoms with van der Waals surface area (Å²) in [7, 11) is 0. The van der Waals surface area contributed by atoms with Gasteiger partial charge in [-0.3, -0.25) is 0 Å². The van der Waals surface area contributed by atoms with E-state index in [0.717, 1.165) is 29.0 Å². The molecule has 2 heteroatoms. The van der Waals surface area contributed by atoms with Crippen LogP contribution in [-0.2, 0) is 0 Å². The van der Waals surface area contributed by atoms with Gasteiger partial charge in [-0.05, 0) is 56.6 Å². The van der Waals surface area contributed by atoms with Crippen LogP contribution in [0, 0.1) is 17.8 Å². The van der Waals surface area contributed by atoms with Crippen LogP contribution in [0.4, 0.5) is 0 Å². The quantitative estimate of drug-likeness (QED) is 0.768. The number of nitrogens with one attached hydrogen (secondary N) is 1. The molecule has 0 aromatic rings. The van der Waals surface area contributed by atoms with E-state index in [2.05, 4.69) is 42.4 Å². The second-order valence-electron chi connectivity index (χ2n) is 6.21. The van der Waals surface area contributed by atoms with Gasteiger partial charge in [-0.25, -0.2) is 0 Å². The molecule has 0 heterocycles. The van der Waals surface area contributed by atoms with Gasteiger partial charge in [0, 0.05) is 17.3 Å². The highest BCUT2D eigenvalue weighted by Crippen LogP contribution is 2.45. The first-order chi connectivity index (χ1) is 8.28. The molecule has 0 radical (unpaired) electrons. The van der Waals surface area contributed by atoms with E-state index in [1.807, 2.05) is 0 Å². The molecule has 0 spiro atoms. The van der Waals surface area contributed by atoms with Gasteiger partial charge in [-0.1, -0.05) is 18.6 Å². The van der Waals surface area contributed by atoms with Crippen molar-refractivity contribution in [3.05, 3.63) is 12.2 Å². The first-order valence-corrected chi connectivity index (χ1v) is 8.54. The third kappa shape index (κ3) is 2.31. The molecule has 3 aliphatic carbocycles. The molecule has 3 rings (SSSR count). The highest BCUT2D eigenvalue weighted by molar-refractivity contribution is 7.99. The van der Waals surface area contributed by atoms with Crippen LogP contribution >= 0.6 is 11.8 Å². The van der Waals surface area contributed by atoms with Crippen LogP contribution in [-0.4, -0.2) is 23.6 Å². The highest BCUT2D eigenvalue weighted by Gasteiger charge is 2.39. The van der Waals surface area contributed by atoms with Crippen molar-refractivity contribution in [1.29, 1.82) is 0 Å². The lowest BCUT2D eigenvalue weighted by Crippen LogP contribution is -2.44. The molecule has 2 saturated carbocycles. The number of allylic oxidation sites excluding steroid dienone is 2. The second-order valence-corrected chi connectivity index (χ2v) is 7.29. The van der Waals surface area contributed by atoms with Crippen molar-refractivity contribution >= 4 is 11.8 Å². The Bertz CT molecular complexity index is 301. The molecule has 17 heavy (non-hydrogen) atoms. The van der Waals surface area contributed by atoms with Gasteiger partial charge >= 0.3 is 0 Å². The van der Waals surface area contributed by atoms with Crippen LogP contribution in [0.15, 0.2) is 12.2 Å². The number of fused-ring (bicyclic) bond motifs is 2. The molecular formula is C15H25NS. The molecular weight excluding hydrogens is 226 g/mol. The van der Waals surface area contributed by atoms with Gasteiger partial charge in [0.15, 0.2) is 0 Å². The van der Waals surface area contributed by atoms with E-state index in [4.69, 9.17) is 0 Å². The number of hydrogen-bond acceptors (Lipinski definition) is 2. The first-order valence-electron chi connectivity index (χ1n) is 7.25. The summed E-state index contributed by atoms with van der Waals surface area (Å²) in [4.78, 5) is 0. The molecule has 0 amide bonds. The Morgan fingerprint density at radius 2 is 2.12 bits per heavy atom. The summed E-state index contributed by atoms with van der Waals surface area (Å²) in [5.74, 6) is 2.71. The molecule has 96 valence electrons. The van der Waals surface area contributed by atoms with Crippen LogP contribution in [0.2, 0.25) is 0 Å². The van der Waals surface area contributed by atoms with E-state index >= 15 is 0 Å². The van der Waals surface area contributed by atoms with Crippen molar-refractivity contribution in [3.63, 3.8) is 0 Å². The minimum atomic E-state index is 0.715. The van der Waals surface area contributed by atoms with Crippen LogP contribution < -0.4 is 5.32 Å². The predicted molar refractivity (Wildman–Crippen MR) is 76.4 cm³/mol. The van der Waals surface area contributed by atoms with Gasteiger partial charge < -0.3 is 5.32 Å². The monoisotopic (exact) mass is 251 g/mol. The molecule has 6 unspecified atom stereocenters. The largest absolute Gasteiger partial charge is 0.310 e. The van der Waals surface area contributed by atoms with Crippen molar-refractivity contribution in [2.45, 2.75) is 56.4 Å². The van der Waals surface area contributed by atoms with Gasteiger partial charge in [0.2, 0.25) is 0 Å². The summed E-state index contributed by atoms with van der Waals surface area (Å²) in [6.07, 6.45) is 14.3. The van der Waals surface area contributed by atoms with Crippen LogP contribution in [0.3, 0.4) is 0 Å². The Balaban J connectivity index is 1.56. The molecule has 0 aromatic carbocycles. The van der Waals surface area contributed by atoms with Crippen LogP contribution in [0.1, 0.15) is 39.0 Å². The molecule has 1 N–H and O–H groups in total. The van der Waals surface area contributed by atoms with E-state index < -0.39 is 0 Å². The summed E-state index contributed by atoms with van der Waals surface area (Å²) in [5.41, 5.74) is 0. The molecule has 0 aromatic heterocycles. The summed E-state index contributed by atoms with van der Waals surface area (Å²) in [5, 5.41) is 4.82. The van der Waals surface area contributed by atoms with Gasteiger partial charge in [0.05, 0.1) is 0 Å². The number of rotatable bonds is 4. The van der Waals surface area contributed by atoms with Gasteiger partial charge in [0.25, 0.3) is 0 Å². The maximum atomic E-state index is 3.95. The van der Waals surface area contributed by atoms with E-state index in [1.165, 1.54) is 32.1 Å². The average Bonchev–Trinajstić information content (AvgIpc) is 3.03. The fourth-order valence-electron chi connectivity index (χ4n) is 4.26. The molecule has 3 aliphatic rings. The summed E-state index contributed by atoms with van der Waals surface area (Å²) in [6.45, 7) is 2.43. The number of hydrogen-bond donors (Lipinski definition) is 1. The second kappa shape index (κ2) is 4.97. The third-order valence-corrected chi connectivity index (χ3v) is 6.37. The van der Waals surface area contributed by atoms with Crippen molar-refractivity contribution in [2.24, 2.45) is 17.8 Å². The SMILES string of the molecule is CSC1CCCC1NC(C)C1CC2C=CC1C2. The lowest BCUT2D eigenvalue weighted by Gasteiger charge is -2.31. The highest BCUT2D eigenvalue weighted by atomic mass is 32.2. The maximum absolute atomic E-state index is 3.95.